The largest absolute Gasteiger partial charge is 0.497 e. The molecule has 0 bridgehead atoms. The van der Waals surface area contributed by atoms with Crippen LogP contribution in [0.2, 0.25) is 0 Å². The number of para-hydroxylation sites is 2. The summed E-state index contributed by atoms with van der Waals surface area (Å²) in [6.45, 7) is -0.299. The molecule has 0 aliphatic carbocycles. The average molecular weight is 646 g/mol. The minimum Gasteiger partial charge on any atom is -0.497 e. The standard InChI is InChI=1S/C34H35N3O8S/c1-42-26-15-13-25(14-16-26)37(46(40,41)27-17-18-30(43-2)31(21-27)44-3)23-33(38)36-22-32(45-29-12-8-7-11-28(29)36)34(39)35-20-19-24-9-5-4-6-10-24/h4-18,21,32H,19-20,22-23H2,1-3H3,(H,35,39)/t32-/m0/s1. The fraction of sp³-hybridized carbons (Fsp3) is 0.235. The molecule has 1 atom stereocenters. The summed E-state index contributed by atoms with van der Waals surface area (Å²) in [7, 11) is 0.0447. The predicted octanol–water partition coefficient (Wildman–Crippen LogP) is 4.06. The molecular formula is C34H35N3O8S. The van der Waals surface area contributed by atoms with Crippen LogP contribution in [0.3, 0.4) is 0 Å². The first-order valence-electron chi connectivity index (χ1n) is 14.5. The topological polar surface area (TPSA) is 124 Å². The van der Waals surface area contributed by atoms with Gasteiger partial charge in [0.25, 0.3) is 15.9 Å². The maximum atomic E-state index is 14.2. The number of methoxy groups -OCH3 is 3. The van der Waals surface area contributed by atoms with Gasteiger partial charge in [-0.3, -0.25) is 13.9 Å². The van der Waals surface area contributed by atoms with E-state index in [9.17, 15) is 18.0 Å². The van der Waals surface area contributed by atoms with E-state index >= 15 is 0 Å². The molecule has 0 saturated carbocycles. The Balaban J connectivity index is 1.43. The molecule has 11 nitrogen and oxygen atoms in total. The van der Waals surface area contributed by atoms with E-state index in [4.69, 9.17) is 18.9 Å². The lowest BCUT2D eigenvalue weighted by Gasteiger charge is -2.35. The number of rotatable bonds is 12. The van der Waals surface area contributed by atoms with Gasteiger partial charge >= 0.3 is 0 Å². The summed E-state index contributed by atoms with van der Waals surface area (Å²) in [5.41, 5.74) is 1.74. The number of fused-ring (bicyclic) bond motifs is 1. The van der Waals surface area contributed by atoms with Crippen molar-refractivity contribution in [2.75, 3.05) is 50.2 Å². The number of nitrogens with zero attached hydrogens (tertiary/aromatic N) is 2. The zero-order chi connectivity index (χ0) is 32.7. The lowest BCUT2D eigenvalue weighted by Crippen LogP contribution is -2.53. The lowest BCUT2D eigenvalue weighted by atomic mass is 10.1. The van der Waals surface area contributed by atoms with Gasteiger partial charge in [-0.25, -0.2) is 8.42 Å². The highest BCUT2D eigenvalue weighted by Crippen LogP contribution is 2.35. The Morgan fingerprint density at radius 1 is 0.870 bits per heavy atom. The number of anilines is 2. The van der Waals surface area contributed by atoms with E-state index in [1.807, 2.05) is 30.3 Å². The van der Waals surface area contributed by atoms with Crippen LogP contribution >= 0.6 is 0 Å². The molecule has 1 aliphatic heterocycles. The van der Waals surface area contributed by atoms with Gasteiger partial charge in [0.15, 0.2) is 17.6 Å². The second kappa shape index (κ2) is 14.2. The number of amides is 2. The summed E-state index contributed by atoms with van der Waals surface area (Å²) in [6, 6.07) is 27.1. The maximum absolute atomic E-state index is 14.2. The van der Waals surface area contributed by atoms with E-state index in [2.05, 4.69) is 5.32 Å². The van der Waals surface area contributed by atoms with Gasteiger partial charge in [-0.05, 0) is 60.5 Å². The average Bonchev–Trinajstić information content (AvgIpc) is 3.10. The molecule has 0 aromatic heterocycles. The molecule has 0 spiro atoms. The van der Waals surface area contributed by atoms with Crippen LogP contribution in [0.4, 0.5) is 11.4 Å². The number of ether oxygens (including phenoxy) is 4. The number of carbonyl (C=O) groups is 2. The van der Waals surface area contributed by atoms with Crippen molar-refractivity contribution in [3.63, 3.8) is 0 Å². The predicted molar refractivity (Wildman–Crippen MR) is 173 cm³/mol. The number of sulfonamides is 1. The number of hydrogen-bond acceptors (Lipinski definition) is 8. The Labute approximate surface area is 268 Å². The summed E-state index contributed by atoms with van der Waals surface area (Å²) in [5.74, 6) is 0.482. The van der Waals surface area contributed by atoms with Gasteiger partial charge in [0.2, 0.25) is 5.91 Å². The minimum absolute atomic E-state index is 0.105. The van der Waals surface area contributed by atoms with Gasteiger partial charge in [-0.15, -0.1) is 0 Å². The molecule has 4 aromatic carbocycles. The van der Waals surface area contributed by atoms with Crippen LogP contribution in [0.15, 0.2) is 102 Å². The quantitative estimate of drug-likeness (QED) is 0.245. The third kappa shape index (κ3) is 7.02. The molecule has 4 aromatic rings. The second-order valence-corrected chi connectivity index (χ2v) is 12.2. The van der Waals surface area contributed by atoms with E-state index < -0.39 is 28.6 Å². The molecule has 1 aliphatic rings. The highest BCUT2D eigenvalue weighted by molar-refractivity contribution is 7.92. The number of carbonyl (C=O) groups excluding carboxylic acids is 2. The van der Waals surface area contributed by atoms with Gasteiger partial charge < -0.3 is 29.2 Å². The molecule has 5 rings (SSSR count). The molecule has 12 heteroatoms. The Bertz CT molecular complexity index is 1780. The number of nitrogens with one attached hydrogen (secondary N) is 1. The first-order chi connectivity index (χ1) is 22.2. The fourth-order valence-corrected chi connectivity index (χ4v) is 6.50. The highest BCUT2D eigenvalue weighted by Gasteiger charge is 2.36. The van der Waals surface area contributed by atoms with E-state index in [0.29, 0.717) is 35.9 Å². The summed E-state index contributed by atoms with van der Waals surface area (Å²) in [6.07, 6.45) is -0.380. The zero-order valence-corrected chi connectivity index (χ0v) is 26.5. The third-order valence-corrected chi connectivity index (χ3v) is 9.28. The SMILES string of the molecule is COc1ccc(N(CC(=O)N2C[C@@H](C(=O)NCCc3ccccc3)Oc3ccccc32)S(=O)(=O)c2ccc(OC)c(OC)c2)cc1. The molecular weight excluding hydrogens is 610 g/mol. The molecule has 0 saturated heterocycles. The van der Waals surface area contributed by atoms with Gasteiger partial charge in [0.1, 0.15) is 18.0 Å². The van der Waals surface area contributed by atoms with Crippen LogP contribution < -0.4 is 33.5 Å². The van der Waals surface area contributed by atoms with Gasteiger partial charge in [-0.1, -0.05) is 42.5 Å². The Morgan fingerprint density at radius 3 is 2.26 bits per heavy atom. The van der Waals surface area contributed by atoms with Crippen LogP contribution in [0.1, 0.15) is 5.56 Å². The van der Waals surface area contributed by atoms with Crippen LogP contribution in [0, 0.1) is 0 Å². The monoisotopic (exact) mass is 645 g/mol. The van der Waals surface area contributed by atoms with Crippen molar-refractivity contribution in [1.82, 2.24) is 5.32 Å². The number of benzene rings is 4. The van der Waals surface area contributed by atoms with Gasteiger partial charge in [0.05, 0.1) is 44.1 Å². The summed E-state index contributed by atoms with van der Waals surface area (Å²) in [4.78, 5) is 28.6. The van der Waals surface area contributed by atoms with Gasteiger partial charge in [-0.2, -0.15) is 0 Å². The van der Waals surface area contributed by atoms with E-state index in [-0.39, 0.29) is 28.8 Å². The summed E-state index contributed by atoms with van der Waals surface area (Å²) in [5, 5.41) is 2.89. The van der Waals surface area contributed by atoms with Crippen LogP contribution in [-0.2, 0) is 26.0 Å². The van der Waals surface area contributed by atoms with Crippen molar-refractivity contribution in [3.8, 4) is 23.0 Å². The zero-order valence-electron chi connectivity index (χ0n) is 25.7. The Hall–Kier alpha value is -5.23. The maximum Gasteiger partial charge on any atom is 0.264 e. The number of hydrogen-bond donors (Lipinski definition) is 1. The van der Waals surface area contributed by atoms with Crippen molar-refractivity contribution >= 4 is 33.2 Å². The third-order valence-electron chi connectivity index (χ3n) is 7.51. The Morgan fingerprint density at radius 2 is 1.57 bits per heavy atom. The molecule has 1 heterocycles. The molecule has 1 N–H and O–H groups in total. The summed E-state index contributed by atoms with van der Waals surface area (Å²) >= 11 is 0. The van der Waals surface area contributed by atoms with Crippen molar-refractivity contribution in [3.05, 3.63) is 103 Å². The first kappa shape index (κ1) is 32.2. The fourth-order valence-electron chi connectivity index (χ4n) is 5.07. The molecule has 2 amide bonds. The van der Waals surface area contributed by atoms with E-state index in [1.54, 1.807) is 48.5 Å². The molecule has 46 heavy (non-hydrogen) atoms. The molecule has 240 valence electrons. The van der Waals surface area contributed by atoms with Crippen LogP contribution in [-0.4, -0.2) is 67.3 Å². The van der Waals surface area contributed by atoms with Crippen LogP contribution in [0.25, 0.3) is 0 Å². The second-order valence-electron chi connectivity index (χ2n) is 10.3. The molecule has 0 unspecified atom stereocenters. The van der Waals surface area contributed by atoms with Gasteiger partial charge in [0, 0.05) is 12.6 Å². The smallest absolute Gasteiger partial charge is 0.264 e. The molecule has 0 fully saturated rings. The van der Waals surface area contributed by atoms with Crippen molar-refractivity contribution < 1.29 is 37.0 Å². The summed E-state index contributed by atoms with van der Waals surface area (Å²) < 4.78 is 51.2. The van der Waals surface area contributed by atoms with Crippen molar-refractivity contribution in [2.24, 2.45) is 0 Å². The van der Waals surface area contributed by atoms with Crippen LogP contribution in [0.5, 0.6) is 23.0 Å². The molecule has 0 radical (unpaired) electrons. The Kier molecular flexibility index (Phi) is 9.97. The minimum atomic E-state index is -4.31. The highest BCUT2D eigenvalue weighted by atomic mass is 32.2. The normalized spacial score (nSPS) is 14.0. The van der Waals surface area contributed by atoms with E-state index in [0.717, 1.165) is 9.87 Å². The van der Waals surface area contributed by atoms with Crippen molar-refractivity contribution in [2.45, 2.75) is 17.4 Å². The van der Waals surface area contributed by atoms with E-state index in [1.165, 1.54) is 44.4 Å². The lowest BCUT2D eigenvalue weighted by molar-refractivity contribution is -0.128. The first-order valence-corrected chi connectivity index (χ1v) is 16.0. The van der Waals surface area contributed by atoms with Crippen molar-refractivity contribution in [1.29, 1.82) is 0 Å².